The van der Waals surface area contributed by atoms with E-state index in [1.54, 1.807) is 29.4 Å². The Bertz CT molecular complexity index is 688. The van der Waals surface area contributed by atoms with Gasteiger partial charge in [0, 0.05) is 6.92 Å². The topological polar surface area (TPSA) is 72.8 Å². The maximum Gasteiger partial charge on any atom is 0.335 e. The molecule has 0 aliphatic carbocycles. The van der Waals surface area contributed by atoms with E-state index in [-0.39, 0.29) is 18.0 Å². The number of benzene rings is 2. The molecule has 1 heterocycles. The molecule has 0 atom stereocenters. The van der Waals surface area contributed by atoms with Crippen molar-refractivity contribution in [1.82, 2.24) is 0 Å². The van der Waals surface area contributed by atoms with Gasteiger partial charge in [-0.15, -0.1) is 10.2 Å². The number of quaternary nitrogens is 1. The highest BCUT2D eigenvalue weighted by Crippen LogP contribution is 2.22. The first-order valence-corrected chi connectivity index (χ1v) is 6.53. The van der Waals surface area contributed by atoms with Crippen LogP contribution in [0.5, 0.6) is 0 Å². The average Bonchev–Trinajstić information content (AvgIpc) is 2.90. The average molecular weight is 319 g/mol. The quantitative estimate of drug-likeness (QED) is 0.672. The number of hydrogen-bond donors (Lipinski definition) is 2. The number of nitrogens with zero attached hydrogens (tertiary/aromatic N) is 3. The summed E-state index contributed by atoms with van der Waals surface area (Å²) in [7, 11) is 0. The summed E-state index contributed by atoms with van der Waals surface area (Å²) in [6.07, 6.45) is 0. The van der Waals surface area contributed by atoms with Crippen LogP contribution in [0.4, 0.5) is 11.4 Å². The Kier molecular flexibility index (Phi) is 4.65. The van der Waals surface area contributed by atoms with Crippen LogP contribution in [0, 0.1) is 0 Å². The molecule has 0 fully saturated rings. The fraction of sp³-hybridized carbons (Fsp3) is 0.0667. The lowest BCUT2D eigenvalue weighted by molar-refractivity contribution is -0.547. The number of halogens is 1. The number of aromatic carboxylic acids is 1. The molecule has 114 valence electrons. The lowest BCUT2D eigenvalue weighted by Gasteiger charge is -2.23. The molecule has 22 heavy (non-hydrogen) atoms. The smallest absolute Gasteiger partial charge is 0.335 e. The molecule has 0 unspecified atom stereocenters. The number of para-hydroxylation sites is 1. The Morgan fingerprint density at radius 1 is 1.05 bits per heavy atom. The van der Waals surface area contributed by atoms with E-state index in [1.165, 1.54) is 0 Å². The summed E-state index contributed by atoms with van der Waals surface area (Å²) in [5.41, 5.74) is 3.98. The molecular formula is C15H15ClN4O2. The van der Waals surface area contributed by atoms with Gasteiger partial charge in [-0.25, -0.2) is 4.79 Å². The van der Waals surface area contributed by atoms with Gasteiger partial charge in [0.1, 0.15) is 5.69 Å². The third kappa shape index (κ3) is 3.03. The van der Waals surface area contributed by atoms with Gasteiger partial charge in [-0.2, -0.15) is 5.43 Å². The number of hydrazine groups is 1. The summed E-state index contributed by atoms with van der Waals surface area (Å²) in [5, 5.41) is 17.1. The van der Waals surface area contributed by atoms with Crippen molar-refractivity contribution in [3.63, 3.8) is 0 Å². The van der Waals surface area contributed by atoms with Gasteiger partial charge >= 0.3 is 5.97 Å². The molecular weight excluding hydrogens is 304 g/mol. The molecule has 0 amide bonds. The van der Waals surface area contributed by atoms with E-state index in [2.05, 4.69) is 5.10 Å². The van der Waals surface area contributed by atoms with Gasteiger partial charge in [0.2, 0.25) is 5.84 Å². The summed E-state index contributed by atoms with van der Waals surface area (Å²) in [5.74, 6) is -0.0599. The number of hydrazone groups is 1. The summed E-state index contributed by atoms with van der Waals surface area (Å²) >= 11 is 0. The van der Waals surface area contributed by atoms with Gasteiger partial charge < -0.3 is 17.5 Å². The molecule has 2 aromatic rings. The Hall–Kier alpha value is -2.57. The number of hydrogen-bond acceptors (Lipinski definition) is 4. The van der Waals surface area contributed by atoms with Crippen LogP contribution in [-0.4, -0.2) is 16.9 Å². The van der Waals surface area contributed by atoms with Crippen molar-refractivity contribution in [2.45, 2.75) is 6.92 Å². The van der Waals surface area contributed by atoms with Crippen LogP contribution in [0.1, 0.15) is 17.3 Å². The Morgan fingerprint density at radius 3 is 2.27 bits per heavy atom. The van der Waals surface area contributed by atoms with Crippen molar-refractivity contribution in [2.24, 2.45) is 5.10 Å². The van der Waals surface area contributed by atoms with Crippen molar-refractivity contribution >= 4 is 23.2 Å². The van der Waals surface area contributed by atoms with Crippen molar-refractivity contribution in [3.8, 4) is 0 Å². The molecule has 2 aromatic carbocycles. The Labute approximate surface area is 134 Å². The van der Waals surface area contributed by atoms with Crippen LogP contribution in [0.25, 0.3) is 0 Å². The maximum absolute atomic E-state index is 10.9. The van der Waals surface area contributed by atoms with E-state index >= 15 is 0 Å². The summed E-state index contributed by atoms with van der Waals surface area (Å²) in [6.45, 7) is 1.92. The number of carboxylic acids is 1. The number of rotatable bonds is 3. The zero-order valence-corrected chi connectivity index (χ0v) is 12.6. The Morgan fingerprint density at radius 2 is 1.68 bits per heavy atom. The second kappa shape index (κ2) is 6.46. The van der Waals surface area contributed by atoms with Crippen LogP contribution in [0.15, 0.2) is 59.7 Å². The zero-order valence-electron chi connectivity index (χ0n) is 11.8. The molecule has 3 N–H and O–H groups in total. The minimum absolute atomic E-state index is 0. The number of carbonyl (C=O) groups is 1. The monoisotopic (exact) mass is 318 g/mol. The minimum atomic E-state index is -0.936. The normalized spacial score (nSPS) is 13.6. The van der Waals surface area contributed by atoms with Crippen LogP contribution < -0.4 is 28.1 Å². The summed E-state index contributed by atoms with van der Waals surface area (Å²) < 4.78 is 0. The second-order valence-electron chi connectivity index (χ2n) is 4.69. The Balaban J connectivity index is 0.00000176. The van der Waals surface area contributed by atoms with Crippen molar-refractivity contribution < 1.29 is 27.7 Å². The fourth-order valence-corrected chi connectivity index (χ4v) is 2.14. The van der Waals surface area contributed by atoms with Gasteiger partial charge in [0.05, 0.1) is 11.3 Å². The van der Waals surface area contributed by atoms with Crippen molar-refractivity contribution in [1.29, 1.82) is 0 Å². The fourth-order valence-electron chi connectivity index (χ4n) is 2.14. The summed E-state index contributed by atoms with van der Waals surface area (Å²) in [4.78, 5) is 10.9. The first-order valence-electron chi connectivity index (χ1n) is 6.53. The number of carboxylic acid groups (broad SMARTS) is 1. The lowest BCUT2D eigenvalue weighted by atomic mass is 10.2. The lowest BCUT2D eigenvalue weighted by Crippen LogP contribution is -3.00. The number of amidine groups is 1. The van der Waals surface area contributed by atoms with E-state index in [0.717, 1.165) is 17.2 Å². The molecule has 3 rings (SSSR count). The van der Waals surface area contributed by atoms with Gasteiger partial charge in [0.15, 0.2) is 0 Å². The van der Waals surface area contributed by atoms with Crippen molar-refractivity contribution in [3.05, 3.63) is 60.2 Å². The van der Waals surface area contributed by atoms with E-state index in [9.17, 15) is 4.79 Å². The van der Waals surface area contributed by atoms with Crippen LogP contribution in [0.2, 0.25) is 0 Å². The second-order valence-corrected chi connectivity index (χ2v) is 4.69. The predicted octanol–water partition coefficient (Wildman–Crippen LogP) is -1.56. The van der Waals surface area contributed by atoms with Crippen LogP contribution in [-0.2, 0) is 0 Å². The molecule has 0 bridgehead atoms. The molecule has 0 saturated heterocycles. The summed E-state index contributed by atoms with van der Waals surface area (Å²) in [6, 6.07) is 16.5. The third-order valence-electron chi connectivity index (χ3n) is 3.13. The molecule has 6 nitrogen and oxygen atoms in total. The standard InChI is InChI=1S/C15H14N4O2.ClH/c1-11-16-18(13-5-3-2-4-6-13)19(17-11)14-9-7-12(8-10-14)15(20)21;/h2-10H,1H3,(H,16,17)(H,20,21);1H. The highest BCUT2D eigenvalue weighted by molar-refractivity contribution is 5.88. The highest BCUT2D eigenvalue weighted by atomic mass is 35.5. The SMILES string of the molecule is CC1=NN(c2ccc(C(=O)O)cc2)N(c2ccccc2)[NH2+]1.[Cl-]. The molecule has 0 aromatic heterocycles. The third-order valence-corrected chi connectivity index (χ3v) is 3.13. The molecule has 7 heteroatoms. The van der Waals surface area contributed by atoms with E-state index in [4.69, 9.17) is 5.11 Å². The van der Waals surface area contributed by atoms with Gasteiger partial charge in [0.25, 0.3) is 0 Å². The molecule has 1 aliphatic rings. The maximum atomic E-state index is 10.9. The van der Waals surface area contributed by atoms with Gasteiger partial charge in [-0.05, 0) is 36.4 Å². The van der Waals surface area contributed by atoms with Crippen LogP contribution in [0.3, 0.4) is 0 Å². The molecule has 0 radical (unpaired) electrons. The van der Waals surface area contributed by atoms with E-state index in [1.807, 2.05) is 47.8 Å². The van der Waals surface area contributed by atoms with E-state index in [0.29, 0.717) is 0 Å². The predicted molar refractivity (Wildman–Crippen MR) is 79.8 cm³/mol. The van der Waals surface area contributed by atoms with Gasteiger partial charge in [-0.1, -0.05) is 23.3 Å². The zero-order chi connectivity index (χ0) is 14.8. The van der Waals surface area contributed by atoms with Gasteiger partial charge in [-0.3, -0.25) is 0 Å². The van der Waals surface area contributed by atoms with Crippen LogP contribution >= 0.6 is 0 Å². The number of anilines is 2. The largest absolute Gasteiger partial charge is 1.00 e. The number of nitrogens with two attached hydrogens (primary N) is 1. The minimum Gasteiger partial charge on any atom is -1.00 e. The van der Waals surface area contributed by atoms with Crippen molar-refractivity contribution in [2.75, 3.05) is 10.2 Å². The molecule has 1 aliphatic heterocycles. The van der Waals surface area contributed by atoms with E-state index < -0.39 is 5.97 Å². The molecule has 0 spiro atoms. The first kappa shape index (κ1) is 15.8. The molecule has 0 saturated carbocycles. The highest BCUT2D eigenvalue weighted by Gasteiger charge is 2.27. The first-order chi connectivity index (χ1) is 10.1.